The summed E-state index contributed by atoms with van der Waals surface area (Å²) in [5, 5.41) is 12.8. The Labute approximate surface area is 123 Å². The number of phenolic OH excluding ortho intramolecular Hbond substituents is 1. The van der Waals surface area contributed by atoms with Crippen LogP contribution in [0.2, 0.25) is 0 Å². The zero-order chi connectivity index (χ0) is 14.7. The van der Waals surface area contributed by atoms with Crippen LogP contribution < -0.4 is 5.32 Å². The Morgan fingerprint density at radius 3 is 2.76 bits per heavy atom. The minimum Gasteiger partial charge on any atom is -0.508 e. The van der Waals surface area contributed by atoms with Crippen LogP contribution in [0.25, 0.3) is 0 Å². The first kappa shape index (κ1) is 13.9. The maximum absolute atomic E-state index is 13.2. The number of amidine groups is 1. The number of hydrogen-bond donors (Lipinski definition) is 2. The van der Waals surface area contributed by atoms with E-state index in [1.807, 2.05) is 12.3 Å². The number of rotatable bonds is 2. The second-order valence-electron chi connectivity index (χ2n) is 5.25. The van der Waals surface area contributed by atoms with Gasteiger partial charge >= 0.3 is 0 Å². The van der Waals surface area contributed by atoms with Crippen molar-refractivity contribution in [1.29, 1.82) is 0 Å². The second kappa shape index (κ2) is 6.13. The largest absolute Gasteiger partial charge is 0.508 e. The molecule has 1 saturated heterocycles. The Morgan fingerprint density at radius 2 is 2.05 bits per heavy atom. The summed E-state index contributed by atoms with van der Waals surface area (Å²) in [6.45, 7) is 4.72. The summed E-state index contributed by atoms with van der Waals surface area (Å²) in [4.78, 5) is 8.89. The standard InChI is InChI=1S/C15H19FN4O/c16-13-1-2-14(21)12(9-13)10-19-5-7-20(8-6-19)15-3-4-17-11-18-15/h1-4,9,17,21H,5-8,10-11H2. The van der Waals surface area contributed by atoms with Gasteiger partial charge in [0, 0.05) is 44.5 Å². The molecule has 0 unspecified atom stereocenters. The lowest BCUT2D eigenvalue weighted by Crippen LogP contribution is -2.48. The zero-order valence-corrected chi connectivity index (χ0v) is 11.8. The van der Waals surface area contributed by atoms with Crippen LogP contribution in [-0.2, 0) is 6.54 Å². The van der Waals surface area contributed by atoms with E-state index in [4.69, 9.17) is 0 Å². The molecule has 0 spiro atoms. The molecule has 0 aromatic heterocycles. The third-order valence-corrected chi connectivity index (χ3v) is 3.81. The highest BCUT2D eigenvalue weighted by Crippen LogP contribution is 2.20. The van der Waals surface area contributed by atoms with Crippen LogP contribution in [0, 0.1) is 5.82 Å². The summed E-state index contributed by atoms with van der Waals surface area (Å²) in [6.07, 6.45) is 3.90. The third-order valence-electron chi connectivity index (χ3n) is 3.81. The Kier molecular flexibility index (Phi) is 4.06. The second-order valence-corrected chi connectivity index (χ2v) is 5.25. The molecule has 0 aliphatic carbocycles. The first-order valence-electron chi connectivity index (χ1n) is 7.11. The van der Waals surface area contributed by atoms with E-state index in [1.165, 1.54) is 18.2 Å². The molecule has 3 rings (SSSR count). The number of aliphatic imine (C=N–C) groups is 1. The van der Waals surface area contributed by atoms with E-state index in [1.54, 1.807) is 0 Å². The molecule has 1 aromatic rings. The predicted octanol–water partition coefficient (Wildman–Crippen LogP) is 1.12. The van der Waals surface area contributed by atoms with E-state index < -0.39 is 0 Å². The van der Waals surface area contributed by atoms with Gasteiger partial charge in [-0.3, -0.25) is 4.90 Å². The molecule has 6 heteroatoms. The SMILES string of the molecule is Oc1ccc(F)cc1CN1CCN(C2=NCNC=C2)CC1. The van der Waals surface area contributed by atoms with Crippen molar-refractivity contribution in [2.75, 3.05) is 32.8 Å². The molecule has 0 saturated carbocycles. The normalized spacial score (nSPS) is 19.3. The molecule has 2 heterocycles. The molecule has 0 atom stereocenters. The number of benzene rings is 1. The highest BCUT2D eigenvalue weighted by Gasteiger charge is 2.20. The first-order valence-corrected chi connectivity index (χ1v) is 7.11. The average Bonchev–Trinajstić information content (AvgIpc) is 2.53. The molecule has 5 nitrogen and oxygen atoms in total. The average molecular weight is 290 g/mol. The van der Waals surface area contributed by atoms with Crippen LogP contribution in [0.1, 0.15) is 5.56 Å². The Balaban J connectivity index is 1.57. The smallest absolute Gasteiger partial charge is 0.127 e. The van der Waals surface area contributed by atoms with Crippen LogP contribution in [0.3, 0.4) is 0 Å². The van der Waals surface area contributed by atoms with Gasteiger partial charge in [-0.1, -0.05) is 0 Å². The van der Waals surface area contributed by atoms with Crippen molar-refractivity contribution in [2.45, 2.75) is 6.54 Å². The van der Waals surface area contributed by atoms with Gasteiger partial charge in [-0.15, -0.1) is 0 Å². The van der Waals surface area contributed by atoms with E-state index >= 15 is 0 Å². The summed E-state index contributed by atoms with van der Waals surface area (Å²) < 4.78 is 13.2. The summed E-state index contributed by atoms with van der Waals surface area (Å²) >= 11 is 0. The number of phenols is 1. The van der Waals surface area contributed by atoms with Gasteiger partial charge in [-0.05, 0) is 24.3 Å². The minimum absolute atomic E-state index is 0.157. The Hall–Kier alpha value is -2.08. The van der Waals surface area contributed by atoms with Crippen LogP contribution in [-0.4, -0.2) is 53.6 Å². The molecular weight excluding hydrogens is 271 g/mol. The molecule has 1 fully saturated rings. The van der Waals surface area contributed by atoms with Gasteiger partial charge in [0.1, 0.15) is 24.1 Å². The fourth-order valence-corrected chi connectivity index (χ4v) is 2.63. The van der Waals surface area contributed by atoms with Crippen molar-refractivity contribution in [3.8, 4) is 5.75 Å². The van der Waals surface area contributed by atoms with E-state index in [0.29, 0.717) is 18.8 Å². The molecule has 112 valence electrons. The van der Waals surface area contributed by atoms with Crippen LogP contribution in [0.4, 0.5) is 4.39 Å². The van der Waals surface area contributed by atoms with Crippen molar-refractivity contribution in [2.24, 2.45) is 4.99 Å². The summed E-state index contributed by atoms with van der Waals surface area (Å²) in [5.41, 5.74) is 0.641. The van der Waals surface area contributed by atoms with Gasteiger partial charge in [0.25, 0.3) is 0 Å². The predicted molar refractivity (Wildman–Crippen MR) is 79.5 cm³/mol. The molecule has 0 bridgehead atoms. The molecule has 2 aliphatic rings. The van der Waals surface area contributed by atoms with Gasteiger partial charge in [0.05, 0.1) is 0 Å². The highest BCUT2D eigenvalue weighted by molar-refractivity contribution is 5.93. The molecule has 0 radical (unpaired) electrons. The molecule has 21 heavy (non-hydrogen) atoms. The fourth-order valence-electron chi connectivity index (χ4n) is 2.63. The highest BCUT2D eigenvalue weighted by atomic mass is 19.1. The third kappa shape index (κ3) is 3.33. The molecule has 2 aliphatic heterocycles. The summed E-state index contributed by atoms with van der Waals surface area (Å²) in [7, 11) is 0. The van der Waals surface area contributed by atoms with Crippen LogP contribution in [0.5, 0.6) is 5.75 Å². The van der Waals surface area contributed by atoms with Crippen molar-refractivity contribution in [3.63, 3.8) is 0 Å². The van der Waals surface area contributed by atoms with E-state index in [-0.39, 0.29) is 11.6 Å². The van der Waals surface area contributed by atoms with Crippen molar-refractivity contribution in [3.05, 3.63) is 41.9 Å². The minimum atomic E-state index is -0.310. The van der Waals surface area contributed by atoms with E-state index in [0.717, 1.165) is 32.0 Å². The van der Waals surface area contributed by atoms with E-state index in [9.17, 15) is 9.50 Å². The lowest BCUT2D eigenvalue weighted by Gasteiger charge is -2.36. The first-order chi connectivity index (χ1) is 10.2. The van der Waals surface area contributed by atoms with Crippen molar-refractivity contribution >= 4 is 5.84 Å². The van der Waals surface area contributed by atoms with Gasteiger partial charge in [-0.2, -0.15) is 0 Å². The number of halogens is 1. The Bertz CT molecular complexity index is 565. The summed E-state index contributed by atoms with van der Waals surface area (Å²) in [6, 6.07) is 4.09. The maximum Gasteiger partial charge on any atom is 0.127 e. The topological polar surface area (TPSA) is 51.1 Å². The molecule has 0 amide bonds. The number of aromatic hydroxyl groups is 1. The lowest BCUT2D eigenvalue weighted by molar-refractivity contribution is 0.174. The number of nitrogens with one attached hydrogen (secondary N) is 1. The number of nitrogens with zero attached hydrogens (tertiary/aromatic N) is 3. The fraction of sp³-hybridized carbons (Fsp3) is 0.400. The monoisotopic (exact) mass is 290 g/mol. The zero-order valence-electron chi connectivity index (χ0n) is 11.8. The van der Waals surface area contributed by atoms with Crippen LogP contribution >= 0.6 is 0 Å². The van der Waals surface area contributed by atoms with Gasteiger partial charge < -0.3 is 15.3 Å². The quantitative estimate of drug-likeness (QED) is 0.857. The lowest BCUT2D eigenvalue weighted by atomic mass is 10.1. The van der Waals surface area contributed by atoms with Crippen molar-refractivity contribution in [1.82, 2.24) is 15.1 Å². The van der Waals surface area contributed by atoms with Gasteiger partial charge in [-0.25, -0.2) is 9.38 Å². The molecule has 2 N–H and O–H groups in total. The van der Waals surface area contributed by atoms with E-state index in [2.05, 4.69) is 20.1 Å². The van der Waals surface area contributed by atoms with Crippen LogP contribution in [0.15, 0.2) is 35.5 Å². The number of piperazine rings is 1. The number of hydrogen-bond acceptors (Lipinski definition) is 5. The molecular formula is C15H19FN4O. The van der Waals surface area contributed by atoms with Gasteiger partial charge in [0.15, 0.2) is 0 Å². The van der Waals surface area contributed by atoms with Gasteiger partial charge in [0.2, 0.25) is 0 Å². The van der Waals surface area contributed by atoms with Crippen molar-refractivity contribution < 1.29 is 9.50 Å². The molecule has 1 aromatic carbocycles. The maximum atomic E-state index is 13.2. The Morgan fingerprint density at radius 1 is 1.24 bits per heavy atom. The summed E-state index contributed by atoms with van der Waals surface area (Å²) in [5.74, 6) is 0.863.